The van der Waals surface area contributed by atoms with Crippen LogP contribution in [0.4, 0.5) is 13.6 Å². The first-order valence-corrected chi connectivity index (χ1v) is 8.57. The number of carbonyl (C=O) groups is 1. The van der Waals surface area contributed by atoms with Gasteiger partial charge in [-0.1, -0.05) is 12.5 Å². The van der Waals surface area contributed by atoms with Crippen molar-refractivity contribution in [3.63, 3.8) is 0 Å². The molecule has 1 aromatic carbocycles. The second kappa shape index (κ2) is 6.67. The number of benzene rings is 1. The van der Waals surface area contributed by atoms with Gasteiger partial charge >= 0.3 is 6.03 Å². The summed E-state index contributed by atoms with van der Waals surface area (Å²) in [6.07, 6.45) is 5.46. The largest absolute Gasteiger partial charge is 0.396 e. The van der Waals surface area contributed by atoms with Gasteiger partial charge in [0.05, 0.1) is 0 Å². The molecule has 6 heteroatoms. The van der Waals surface area contributed by atoms with Gasteiger partial charge < -0.3 is 15.7 Å². The third kappa shape index (κ3) is 3.53. The molecule has 2 aliphatic carbocycles. The Morgan fingerprint density at radius 2 is 1.83 bits per heavy atom. The lowest BCUT2D eigenvalue weighted by molar-refractivity contribution is 0.0885. The second-order valence-corrected chi connectivity index (χ2v) is 7.27. The number of aliphatic hydroxyl groups excluding tert-OH is 1. The monoisotopic (exact) mass is 338 g/mol. The number of halogens is 2. The lowest BCUT2D eigenvalue weighted by Gasteiger charge is -2.41. The Bertz CT molecular complexity index is 613. The Balaban J connectivity index is 1.51. The average Bonchev–Trinajstić information content (AvgIpc) is 3.28. The van der Waals surface area contributed by atoms with Crippen molar-refractivity contribution in [2.45, 2.75) is 43.9 Å². The van der Waals surface area contributed by atoms with Crippen molar-refractivity contribution in [2.75, 3.05) is 19.7 Å². The molecule has 1 aromatic rings. The van der Waals surface area contributed by atoms with Gasteiger partial charge in [-0.05, 0) is 49.1 Å². The molecule has 0 aromatic heterocycles. The first-order chi connectivity index (χ1) is 11.5. The summed E-state index contributed by atoms with van der Waals surface area (Å²) in [5, 5.41) is 14.8. The van der Waals surface area contributed by atoms with E-state index in [0.717, 1.165) is 38.2 Å². The molecule has 4 nitrogen and oxygen atoms in total. The molecule has 2 saturated carbocycles. The maximum Gasteiger partial charge on any atom is 0.314 e. The number of hydrogen-bond acceptors (Lipinski definition) is 2. The van der Waals surface area contributed by atoms with Gasteiger partial charge in [0.25, 0.3) is 0 Å². The van der Waals surface area contributed by atoms with Crippen LogP contribution in [-0.2, 0) is 5.41 Å². The molecule has 3 rings (SSSR count). The minimum Gasteiger partial charge on any atom is -0.396 e. The fraction of sp³-hybridized carbons (Fsp3) is 0.611. The fourth-order valence-electron chi connectivity index (χ4n) is 3.62. The van der Waals surface area contributed by atoms with Crippen molar-refractivity contribution in [1.82, 2.24) is 10.6 Å². The molecule has 0 spiro atoms. The summed E-state index contributed by atoms with van der Waals surface area (Å²) in [6.45, 7) is 1.03. The van der Waals surface area contributed by atoms with Crippen molar-refractivity contribution >= 4 is 6.03 Å². The van der Waals surface area contributed by atoms with Crippen LogP contribution in [0.25, 0.3) is 0 Å². The maximum absolute atomic E-state index is 14.0. The van der Waals surface area contributed by atoms with E-state index in [1.54, 1.807) is 0 Å². The maximum atomic E-state index is 14.0. The molecule has 0 aliphatic heterocycles. The van der Waals surface area contributed by atoms with Crippen LogP contribution in [0.3, 0.4) is 0 Å². The van der Waals surface area contributed by atoms with Crippen molar-refractivity contribution < 1.29 is 18.7 Å². The van der Waals surface area contributed by atoms with Gasteiger partial charge in [0.1, 0.15) is 11.6 Å². The molecule has 2 amide bonds. The minimum absolute atomic E-state index is 0.0341. The van der Waals surface area contributed by atoms with Crippen molar-refractivity contribution in [3.05, 3.63) is 35.4 Å². The van der Waals surface area contributed by atoms with E-state index in [9.17, 15) is 13.6 Å². The number of carbonyl (C=O) groups excluding carboxylic acids is 1. The zero-order valence-corrected chi connectivity index (χ0v) is 13.7. The quantitative estimate of drug-likeness (QED) is 0.716. The zero-order chi connectivity index (χ0) is 17.2. The van der Waals surface area contributed by atoms with Crippen molar-refractivity contribution in [1.29, 1.82) is 0 Å². The number of urea groups is 1. The van der Waals surface area contributed by atoms with Crippen LogP contribution in [0.15, 0.2) is 18.2 Å². The Labute approximate surface area is 140 Å². The van der Waals surface area contributed by atoms with Gasteiger partial charge in [-0.3, -0.25) is 0 Å². The Kier molecular flexibility index (Phi) is 4.76. The standard InChI is InChI=1S/C18H24F2N2O2/c19-13-2-3-14(15(20)10-13)18(6-7-18)12-22-16(24)21-11-17(8-9-23)4-1-5-17/h2-3,10,23H,1,4-9,11-12H2,(H2,21,22,24). The predicted molar refractivity (Wildman–Crippen MR) is 86.7 cm³/mol. The molecule has 132 valence electrons. The summed E-state index contributed by atoms with van der Waals surface area (Å²) in [6, 6.07) is 3.36. The SMILES string of the molecule is O=C(NCC1(CCO)CCC1)NCC1(c2ccc(F)cc2F)CC1. The van der Waals surface area contributed by atoms with Crippen LogP contribution in [-0.4, -0.2) is 30.8 Å². The van der Waals surface area contributed by atoms with E-state index >= 15 is 0 Å². The van der Waals surface area contributed by atoms with Crippen LogP contribution >= 0.6 is 0 Å². The highest BCUT2D eigenvalue weighted by Crippen LogP contribution is 2.48. The van der Waals surface area contributed by atoms with Crippen LogP contribution in [0.1, 0.15) is 44.1 Å². The van der Waals surface area contributed by atoms with Gasteiger partial charge in [-0.25, -0.2) is 13.6 Å². The van der Waals surface area contributed by atoms with Crippen molar-refractivity contribution in [3.8, 4) is 0 Å². The highest BCUT2D eigenvalue weighted by Gasteiger charge is 2.46. The first-order valence-electron chi connectivity index (χ1n) is 8.57. The number of aliphatic hydroxyl groups is 1. The molecule has 2 aliphatic rings. The van der Waals surface area contributed by atoms with E-state index in [2.05, 4.69) is 10.6 Å². The number of rotatable bonds is 7. The molecule has 0 unspecified atom stereocenters. The lowest BCUT2D eigenvalue weighted by Crippen LogP contribution is -2.47. The van der Waals surface area contributed by atoms with Crippen LogP contribution in [0, 0.1) is 17.0 Å². The van der Waals surface area contributed by atoms with E-state index in [1.807, 2.05) is 0 Å². The summed E-state index contributed by atoms with van der Waals surface area (Å²) < 4.78 is 27.0. The summed E-state index contributed by atoms with van der Waals surface area (Å²) in [5.74, 6) is -1.14. The van der Waals surface area contributed by atoms with Crippen molar-refractivity contribution in [2.24, 2.45) is 5.41 Å². The fourth-order valence-corrected chi connectivity index (χ4v) is 3.62. The van der Waals surface area contributed by atoms with Crippen LogP contribution < -0.4 is 10.6 Å². The summed E-state index contributed by atoms with van der Waals surface area (Å²) in [7, 11) is 0. The van der Waals surface area contributed by atoms with Gasteiger partial charge in [0, 0.05) is 31.2 Å². The topological polar surface area (TPSA) is 61.4 Å². The molecule has 0 bridgehead atoms. The Hall–Kier alpha value is -1.69. The second-order valence-electron chi connectivity index (χ2n) is 7.27. The van der Waals surface area contributed by atoms with E-state index in [0.29, 0.717) is 25.1 Å². The van der Waals surface area contributed by atoms with Crippen LogP contribution in [0.2, 0.25) is 0 Å². The normalized spacial score (nSPS) is 20.1. The Morgan fingerprint density at radius 1 is 1.12 bits per heavy atom. The average molecular weight is 338 g/mol. The molecular formula is C18H24F2N2O2. The van der Waals surface area contributed by atoms with E-state index in [1.165, 1.54) is 12.1 Å². The van der Waals surface area contributed by atoms with E-state index in [4.69, 9.17) is 5.11 Å². The summed E-state index contributed by atoms with van der Waals surface area (Å²) in [5.41, 5.74) is 0.0980. The first kappa shape index (κ1) is 17.1. The molecule has 0 atom stereocenters. The highest BCUT2D eigenvalue weighted by molar-refractivity contribution is 5.74. The van der Waals surface area contributed by atoms with E-state index in [-0.39, 0.29) is 18.1 Å². The van der Waals surface area contributed by atoms with E-state index < -0.39 is 17.0 Å². The Morgan fingerprint density at radius 3 is 2.38 bits per heavy atom. The predicted octanol–water partition coefficient (Wildman–Crippen LogP) is 2.85. The smallest absolute Gasteiger partial charge is 0.314 e. The van der Waals surface area contributed by atoms with Gasteiger partial charge in [-0.15, -0.1) is 0 Å². The molecule has 0 saturated heterocycles. The molecule has 2 fully saturated rings. The number of hydrogen-bond donors (Lipinski definition) is 3. The molecule has 3 N–H and O–H groups in total. The highest BCUT2D eigenvalue weighted by atomic mass is 19.1. The van der Waals surface area contributed by atoms with Crippen LogP contribution in [0.5, 0.6) is 0 Å². The lowest BCUT2D eigenvalue weighted by atomic mass is 9.67. The zero-order valence-electron chi connectivity index (χ0n) is 13.7. The minimum atomic E-state index is -0.590. The number of amides is 2. The summed E-state index contributed by atoms with van der Waals surface area (Å²) in [4.78, 5) is 12.0. The van der Waals surface area contributed by atoms with Gasteiger partial charge in [0.2, 0.25) is 0 Å². The third-order valence-corrected chi connectivity index (χ3v) is 5.62. The molecular weight excluding hydrogens is 314 g/mol. The molecule has 0 radical (unpaired) electrons. The number of nitrogens with one attached hydrogen (secondary N) is 2. The summed E-state index contributed by atoms with van der Waals surface area (Å²) >= 11 is 0. The van der Waals surface area contributed by atoms with Gasteiger partial charge in [-0.2, -0.15) is 0 Å². The molecule has 24 heavy (non-hydrogen) atoms. The third-order valence-electron chi connectivity index (χ3n) is 5.62. The molecule has 0 heterocycles. The van der Waals surface area contributed by atoms with Gasteiger partial charge in [0.15, 0.2) is 0 Å².